The molecule has 6 heteroatoms. The lowest BCUT2D eigenvalue weighted by Gasteiger charge is -2.16. The highest BCUT2D eigenvalue weighted by molar-refractivity contribution is 7.12. The van der Waals surface area contributed by atoms with E-state index in [-0.39, 0.29) is 0 Å². The van der Waals surface area contributed by atoms with Gasteiger partial charge in [0.1, 0.15) is 5.60 Å². The zero-order valence-corrected chi connectivity index (χ0v) is 9.22. The van der Waals surface area contributed by atoms with Crippen LogP contribution in [0.3, 0.4) is 0 Å². The van der Waals surface area contributed by atoms with Gasteiger partial charge in [-0.3, -0.25) is 20.4 Å². The molecular weight excluding hydrogens is 216 g/mol. The third-order valence-electron chi connectivity index (χ3n) is 1.59. The number of nitrogens with one attached hydrogen (secondary N) is 2. The second-order valence-electron chi connectivity index (χ2n) is 3.44. The van der Waals surface area contributed by atoms with Crippen LogP contribution in [-0.4, -0.2) is 22.5 Å². The molecule has 0 aliphatic heterocycles. The zero-order valence-electron chi connectivity index (χ0n) is 8.40. The highest BCUT2D eigenvalue weighted by Gasteiger charge is 2.24. The fourth-order valence-electron chi connectivity index (χ4n) is 0.736. The second-order valence-corrected chi connectivity index (χ2v) is 4.39. The third kappa shape index (κ3) is 3.34. The van der Waals surface area contributed by atoms with Crippen molar-refractivity contribution in [2.45, 2.75) is 19.4 Å². The quantitative estimate of drug-likeness (QED) is 0.636. The Hall–Kier alpha value is -1.40. The van der Waals surface area contributed by atoms with Gasteiger partial charge in [0, 0.05) is 0 Å². The molecule has 0 spiro atoms. The van der Waals surface area contributed by atoms with Crippen molar-refractivity contribution in [3.63, 3.8) is 0 Å². The van der Waals surface area contributed by atoms with Crippen molar-refractivity contribution in [2.24, 2.45) is 0 Å². The van der Waals surface area contributed by atoms with Crippen LogP contribution in [0.2, 0.25) is 0 Å². The molecule has 0 radical (unpaired) electrons. The van der Waals surface area contributed by atoms with Crippen molar-refractivity contribution in [1.82, 2.24) is 10.9 Å². The Labute approximate surface area is 91.1 Å². The molecule has 1 rings (SSSR count). The molecule has 0 saturated heterocycles. The largest absolute Gasteiger partial charge is 0.381 e. The lowest BCUT2D eigenvalue weighted by molar-refractivity contribution is -0.137. The van der Waals surface area contributed by atoms with Crippen LogP contribution in [-0.2, 0) is 4.79 Å². The maximum absolute atomic E-state index is 11.3. The van der Waals surface area contributed by atoms with E-state index in [0.29, 0.717) is 4.88 Å². The van der Waals surface area contributed by atoms with Crippen LogP contribution in [0.4, 0.5) is 0 Å². The minimum Gasteiger partial charge on any atom is -0.381 e. The van der Waals surface area contributed by atoms with E-state index in [9.17, 15) is 14.7 Å². The monoisotopic (exact) mass is 228 g/mol. The number of hydrogen-bond acceptors (Lipinski definition) is 4. The van der Waals surface area contributed by atoms with Crippen molar-refractivity contribution in [2.75, 3.05) is 0 Å². The number of thiophene rings is 1. The second kappa shape index (κ2) is 4.41. The van der Waals surface area contributed by atoms with Gasteiger partial charge in [-0.15, -0.1) is 11.3 Å². The maximum atomic E-state index is 11.3. The summed E-state index contributed by atoms with van der Waals surface area (Å²) in [6.07, 6.45) is 0. The first-order valence-corrected chi connectivity index (χ1v) is 5.16. The smallest absolute Gasteiger partial charge is 0.279 e. The van der Waals surface area contributed by atoms with Gasteiger partial charge < -0.3 is 5.11 Å². The summed E-state index contributed by atoms with van der Waals surface area (Å²) in [6.45, 7) is 2.67. The fraction of sp³-hybridized carbons (Fsp3) is 0.333. The van der Waals surface area contributed by atoms with E-state index < -0.39 is 17.4 Å². The summed E-state index contributed by atoms with van der Waals surface area (Å²) in [5.74, 6) is -1.06. The average molecular weight is 228 g/mol. The van der Waals surface area contributed by atoms with Crippen LogP contribution in [0, 0.1) is 0 Å². The summed E-state index contributed by atoms with van der Waals surface area (Å²) in [5, 5.41) is 11.0. The minimum absolute atomic E-state index is 0.400. The molecule has 0 aromatic carbocycles. The van der Waals surface area contributed by atoms with Crippen LogP contribution < -0.4 is 10.9 Å². The fourth-order valence-corrected chi connectivity index (χ4v) is 1.35. The summed E-state index contributed by atoms with van der Waals surface area (Å²) in [7, 11) is 0. The van der Waals surface area contributed by atoms with Gasteiger partial charge in [-0.05, 0) is 25.3 Å². The summed E-state index contributed by atoms with van der Waals surface area (Å²) in [4.78, 5) is 23.0. The maximum Gasteiger partial charge on any atom is 0.279 e. The van der Waals surface area contributed by atoms with E-state index in [2.05, 4.69) is 10.9 Å². The topological polar surface area (TPSA) is 78.4 Å². The van der Waals surface area contributed by atoms with Crippen LogP contribution in [0.5, 0.6) is 0 Å². The molecular formula is C9H12N2O3S. The Kier molecular flexibility index (Phi) is 3.43. The van der Waals surface area contributed by atoms with Crippen molar-refractivity contribution in [3.05, 3.63) is 22.4 Å². The van der Waals surface area contributed by atoms with Crippen molar-refractivity contribution >= 4 is 23.2 Å². The standard InChI is InChI=1S/C9H12N2O3S/c1-9(2,14)8(13)11-10-7(12)6-4-3-5-15-6/h3-5,14H,1-2H3,(H,10,12)(H,11,13). The van der Waals surface area contributed by atoms with Gasteiger partial charge in [0.2, 0.25) is 0 Å². The predicted molar refractivity (Wildman–Crippen MR) is 56.2 cm³/mol. The minimum atomic E-state index is -1.51. The Morgan fingerprint density at radius 2 is 2.07 bits per heavy atom. The van der Waals surface area contributed by atoms with Gasteiger partial charge in [0.05, 0.1) is 4.88 Å². The molecule has 0 atom stereocenters. The number of amides is 2. The molecule has 0 aliphatic carbocycles. The number of carbonyl (C=O) groups excluding carboxylic acids is 2. The molecule has 0 unspecified atom stereocenters. The van der Waals surface area contributed by atoms with Gasteiger partial charge in [0.25, 0.3) is 11.8 Å². The molecule has 1 aromatic rings. The molecule has 0 bridgehead atoms. The SMILES string of the molecule is CC(C)(O)C(=O)NNC(=O)c1cccs1. The average Bonchev–Trinajstić information content (AvgIpc) is 2.64. The summed E-state index contributed by atoms with van der Waals surface area (Å²) < 4.78 is 0. The van der Waals surface area contributed by atoms with E-state index >= 15 is 0 Å². The molecule has 2 amide bonds. The molecule has 82 valence electrons. The predicted octanol–water partition coefficient (Wildman–Crippen LogP) is 0.280. The number of aliphatic hydroxyl groups is 1. The van der Waals surface area contributed by atoms with Gasteiger partial charge >= 0.3 is 0 Å². The highest BCUT2D eigenvalue weighted by atomic mass is 32.1. The van der Waals surface area contributed by atoms with Crippen molar-refractivity contribution < 1.29 is 14.7 Å². The first-order chi connectivity index (χ1) is 6.91. The number of hydrogen-bond donors (Lipinski definition) is 3. The molecule has 1 heterocycles. The van der Waals surface area contributed by atoms with E-state index in [1.54, 1.807) is 17.5 Å². The zero-order chi connectivity index (χ0) is 11.5. The summed E-state index contributed by atoms with van der Waals surface area (Å²) in [5.41, 5.74) is 2.82. The molecule has 0 saturated carbocycles. The van der Waals surface area contributed by atoms with Crippen LogP contribution in [0.25, 0.3) is 0 Å². The van der Waals surface area contributed by atoms with E-state index in [0.717, 1.165) is 0 Å². The highest BCUT2D eigenvalue weighted by Crippen LogP contribution is 2.07. The Morgan fingerprint density at radius 1 is 1.40 bits per heavy atom. The van der Waals surface area contributed by atoms with Crippen LogP contribution in [0.1, 0.15) is 23.5 Å². The number of hydrazine groups is 1. The third-order valence-corrected chi connectivity index (χ3v) is 2.46. The molecule has 3 N–H and O–H groups in total. The first-order valence-electron chi connectivity index (χ1n) is 4.28. The van der Waals surface area contributed by atoms with Crippen molar-refractivity contribution in [3.8, 4) is 0 Å². The van der Waals surface area contributed by atoms with Gasteiger partial charge in [-0.25, -0.2) is 0 Å². The Bertz CT molecular complexity index is 354. The van der Waals surface area contributed by atoms with Gasteiger partial charge in [-0.2, -0.15) is 0 Å². The van der Waals surface area contributed by atoms with Crippen molar-refractivity contribution in [1.29, 1.82) is 0 Å². The molecule has 1 aromatic heterocycles. The van der Waals surface area contributed by atoms with Crippen LogP contribution >= 0.6 is 11.3 Å². The normalized spacial score (nSPS) is 10.9. The molecule has 0 fully saturated rings. The molecule has 15 heavy (non-hydrogen) atoms. The molecule has 5 nitrogen and oxygen atoms in total. The van der Waals surface area contributed by atoms with Gasteiger partial charge in [-0.1, -0.05) is 6.07 Å². The van der Waals surface area contributed by atoms with Crippen LogP contribution in [0.15, 0.2) is 17.5 Å². The molecule has 0 aliphatic rings. The van der Waals surface area contributed by atoms with E-state index in [1.165, 1.54) is 25.2 Å². The van der Waals surface area contributed by atoms with E-state index in [4.69, 9.17) is 0 Å². The first kappa shape index (κ1) is 11.7. The summed E-state index contributed by atoms with van der Waals surface area (Å²) >= 11 is 1.26. The lowest BCUT2D eigenvalue weighted by Crippen LogP contribution is -2.50. The van der Waals surface area contributed by atoms with Gasteiger partial charge in [0.15, 0.2) is 0 Å². The Morgan fingerprint density at radius 3 is 2.53 bits per heavy atom. The Balaban J connectivity index is 2.45. The van der Waals surface area contributed by atoms with E-state index in [1.807, 2.05) is 0 Å². The summed E-state index contributed by atoms with van der Waals surface area (Å²) in [6, 6.07) is 3.37. The lowest BCUT2D eigenvalue weighted by atomic mass is 10.1. The number of rotatable bonds is 2. The number of carbonyl (C=O) groups is 2.